The maximum absolute atomic E-state index is 12.5. The van der Waals surface area contributed by atoms with Crippen LogP contribution in [0.2, 0.25) is 0 Å². The number of rotatable bonds is 3. The molecule has 1 amide bonds. The van der Waals surface area contributed by atoms with Crippen molar-refractivity contribution in [2.75, 3.05) is 5.32 Å². The number of carbonyl (C=O) groups excluding carboxylic acids is 1. The van der Waals surface area contributed by atoms with Crippen LogP contribution in [-0.2, 0) is 0 Å². The summed E-state index contributed by atoms with van der Waals surface area (Å²) in [7, 11) is 0. The van der Waals surface area contributed by atoms with Crippen LogP contribution in [0.4, 0.5) is 5.69 Å². The molecule has 0 aliphatic heterocycles. The molecule has 4 rings (SSSR count). The van der Waals surface area contributed by atoms with Gasteiger partial charge in [0.15, 0.2) is 10.7 Å². The normalized spacial score (nSPS) is 10.8. The summed E-state index contributed by atoms with van der Waals surface area (Å²) in [5.74, 6) is 0.302. The number of nitrogens with zero attached hydrogens (tertiary/aromatic N) is 1. The summed E-state index contributed by atoms with van der Waals surface area (Å²) in [5.41, 5.74) is 7.07. The van der Waals surface area contributed by atoms with Crippen molar-refractivity contribution in [2.24, 2.45) is 0 Å². The quantitative estimate of drug-likeness (QED) is 0.241. The molecule has 5 nitrogen and oxygen atoms in total. The Labute approximate surface area is 199 Å². The van der Waals surface area contributed by atoms with Crippen molar-refractivity contribution in [3.63, 3.8) is 0 Å². The van der Waals surface area contributed by atoms with E-state index in [-0.39, 0.29) is 11.0 Å². The lowest BCUT2D eigenvalue weighted by Gasteiger charge is -2.13. The lowest BCUT2D eigenvalue weighted by molar-refractivity contribution is 0.0977. The van der Waals surface area contributed by atoms with Crippen LogP contribution in [0, 0.1) is 24.3 Å². The summed E-state index contributed by atoms with van der Waals surface area (Å²) in [6.07, 6.45) is 0. The molecule has 0 spiro atoms. The molecule has 4 aromatic rings. The number of fused-ring (bicyclic) bond motifs is 1. The van der Waals surface area contributed by atoms with Crippen LogP contribution < -0.4 is 10.6 Å². The van der Waals surface area contributed by atoms with Gasteiger partial charge in [0.05, 0.1) is 5.56 Å². The Morgan fingerprint density at radius 2 is 1.77 bits per heavy atom. The fraction of sp³-hybridized carbons (Fsp3) is 0.125. The molecule has 1 heterocycles. The van der Waals surface area contributed by atoms with Crippen LogP contribution in [0.3, 0.4) is 0 Å². The number of thiocarbonyl (C=S) groups is 1. The minimum Gasteiger partial charge on any atom is -0.436 e. The zero-order valence-electron chi connectivity index (χ0n) is 17.2. The minimum atomic E-state index is -0.249. The highest BCUT2D eigenvalue weighted by Crippen LogP contribution is 2.31. The number of anilines is 1. The van der Waals surface area contributed by atoms with Gasteiger partial charge in [-0.1, -0.05) is 18.2 Å². The standard InChI is InChI=1S/C24H20IN3O2S/c1-13-11-20-21(12-14(13)2)30-23(26-20)16-8-6-10-19(15(16)3)27-24(31)28-22(29)17-7-4-5-9-18(17)25/h4-12H,1-3H3,(H2,27,28,29,31). The van der Waals surface area contributed by atoms with Gasteiger partial charge < -0.3 is 9.73 Å². The molecule has 156 valence electrons. The Kier molecular flexibility index (Phi) is 6.06. The Morgan fingerprint density at radius 1 is 1.03 bits per heavy atom. The van der Waals surface area contributed by atoms with Gasteiger partial charge in [0.1, 0.15) is 5.52 Å². The van der Waals surface area contributed by atoms with E-state index in [0.717, 1.165) is 37.0 Å². The van der Waals surface area contributed by atoms with Crippen LogP contribution in [0.1, 0.15) is 27.0 Å². The number of nitrogens with one attached hydrogen (secondary N) is 2. The number of benzene rings is 3. The number of aromatic nitrogens is 1. The van der Waals surface area contributed by atoms with E-state index in [1.165, 1.54) is 5.56 Å². The Hall–Kier alpha value is -2.78. The van der Waals surface area contributed by atoms with Gasteiger partial charge in [-0.3, -0.25) is 10.1 Å². The number of aryl methyl sites for hydroxylation is 2. The Bertz CT molecular complexity index is 1290. The monoisotopic (exact) mass is 541 g/mol. The van der Waals surface area contributed by atoms with E-state index in [1.54, 1.807) is 6.07 Å². The van der Waals surface area contributed by atoms with E-state index in [1.807, 2.05) is 55.5 Å². The highest BCUT2D eigenvalue weighted by Gasteiger charge is 2.15. The summed E-state index contributed by atoms with van der Waals surface area (Å²) in [4.78, 5) is 17.2. The van der Waals surface area contributed by atoms with Gasteiger partial charge in [0.25, 0.3) is 5.91 Å². The maximum Gasteiger partial charge on any atom is 0.258 e. The first kappa shape index (κ1) is 21.5. The number of halogens is 1. The molecular weight excluding hydrogens is 521 g/mol. The molecule has 0 fully saturated rings. The van der Waals surface area contributed by atoms with Crippen LogP contribution in [0.15, 0.2) is 59.0 Å². The molecule has 0 unspecified atom stereocenters. The molecule has 7 heteroatoms. The van der Waals surface area contributed by atoms with Crippen LogP contribution >= 0.6 is 34.8 Å². The number of amides is 1. The molecule has 0 aliphatic carbocycles. The maximum atomic E-state index is 12.5. The minimum absolute atomic E-state index is 0.230. The van der Waals surface area contributed by atoms with Gasteiger partial charge in [-0.15, -0.1) is 0 Å². The molecule has 0 atom stereocenters. The molecule has 1 aromatic heterocycles. The topological polar surface area (TPSA) is 67.2 Å². The van der Waals surface area contributed by atoms with E-state index in [9.17, 15) is 4.79 Å². The molecular formula is C24H20IN3O2S. The second-order valence-corrected chi connectivity index (χ2v) is 8.86. The Balaban J connectivity index is 1.57. The first-order chi connectivity index (χ1) is 14.8. The fourth-order valence-electron chi connectivity index (χ4n) is 3.27. The van der Waals surface area contributed by atoms with Gasteiger partial charge in [-0.2, -0.15) is 0 Å². The molecule has 0 saturated heterocycles. The van der Waals surface area contributed by atoms with E-state index in [2.05, 4.69) is 52.1 Å². The Morgan fingerprint density at radius 3 is 2.55 bits per heavy atom. The zero-order valence-corrected chi connectivity index (χ0v) is 20.2. The smallest absolute Gasteiger partial charge is 0.258 e. The predicted octanol–water partition coefficient (Wildman–Crippen LogP) is 6.15. The largest absolute Gasteiger partial charge is 0.436 e. The second kappa shape index (κ2) is 8.76. The lowest BCUT2D eigenvalue weighted by Crippen LogP contribution is -2.34. The van der Waals surface area contributed by atoms with Crippen LogP contribution in [0.25, 0.3) is 22.6 Å². The lowest BCUT2D eigenvalue weighted by atomic mass is 10.1. The molecule has 0 radical (unpaired) electrons. The summed E-state index contributed by atoms with van der Waals surface area (Å²) >= 11 is 7.50. The van der Waals surface area contributed by atoms with Gasteiger partial charge in [0, 0.05) is 14.8 Å². The molecule has 3 aromatic carbocycles. The summed E-state index contributed by atoms with van der Waals surface area (Å²) in [6, 6.07) is 17.2. The third-order valence-electron chi connectivity index (χ3n) is 5.16. The number of hydrogen-bond acceptors (Lipinski definition) is 4. The molecule has 2 N–H and O–H groups in total. The third-order valence-corrected chi connectivity index (χ3v) is 6.31. The average Bonchev–Trinajstić information content (AvgIpc) is 3.12. The van der Waals surface area contributed by atoms with E-state index < -0.39 is 0 Å². The SMILES string of the molecule is Cc1cc2nc(-c3cccc(NC(=S)NC(=O)c4ccccc4I)c3C)oc2cc1C. The fourth-order valence-corrected chi connectivity index (χ4v) is 4.10. The first-order valence-electron chi connectivity index (χ1n) is 9.68. The van der Waals surface area contributed by atoms with Crippen molar-refractivity contribution in [3.8, 4) is 11.5 Å². The van der Waals surface area contributed by atoms with E-state index >= 15 is 0 Å². The zero-order chi connectivity index (χ0) is 22.1. The van der Waals surface area contributed by atoms with E-state index in [0.29, 0.717) is 11.5 Å². The predicted molar refractivity (Wildman–Crippen MR) is 137 cm³/mol. The highest BCUT2D eigenvalue weighted by atomic mass is 127. The van der Waals surface area contributed by atoms with Crippen LogP contribution in [-0.4, -0.2) is 16.0 Å². The highest BCUT2D eigenvalue weighted by molar-refractivity contribution is 14.1. The molecule has 0 aliphatic rings. The number of oxazole rings is 1. The third kappa shape index (κ3) is 4.47. The molecule has 31 heavy (non-hydrogen) atoms. The summed E-state index contributed by atoms with van der Waals surface area (Å²) in [5, 5.41) is 6.09. The van der Waals surface area contributed by atoms with Gasteiger partial charge in [0.2, 0.25) is 5.89 Å². The van der Waals surface area contributed by atoms with Crippen molar-refractivity contribution < 1.29 is 9.21 Å². The number of carbonyl (C=O) groups is 1. The average molecular weight is 541 g/mol. The van der Waals surface area contributed by atoms with Crippen molar-refractivity contribution in [1.82, 2.24) is 10.3 Å². The van der Waals surface area contributed by atoms with Gasteiger partial charge in [-0.25, -0.2) is 4.98 Å². The summed E-state index contributed by atoms with van der Waals surface area (Å²) in [6.45, 7) is 6.08. The van der Waals surface area contributed by atoms with Gasteiger partial charge >= 0.3 is 0 Å². The second-order valence-electron chi connectivity index (χ2n) is 7.29. The van der Waals surface area contributed by atoms with Crippen molar-refractivity contribution in [1.29, 1.82) is 0 Å². The van der Waals surface area contributed by atoms with Crippen LogP contribution in [0.5, 0.6) is 0 Å². The molecule has 0 saturated carbocycles. The first-order valence-corrected chi connectivity index (χ1v) is 11.2. The summed E-state index contributed by atoms with van der Waals surface area (Å²) < 4.78 is 6.89. The van der Waals surface area contributed by atoms with E-state index in [4.69, 9.17) is 16.6 Å². The van der Waals surface area contributed by atoms with Gasteiger partial charge in [-0.05, 0) is 109 Å². The molecule has 0 bridgehead atoms. The van der Waals surface area contributed by atoms with Crippen molar-refractivity contribution in [2.45, 2.75) is 20.8 Å². The number of hydrogen-bond donors (Lipinski definition) is 2. The van der Waals surface area contributed by atoms with Crippen molar-refractivity contribution >= 4 is 62.6 Å². The van der Waals surface area contributed by atoms with Crippen molar-refractivity contribution in [3.05, 3.63) is 80.4 Å².